The largest absolute Gasteiger partial charge is 0.372 e. The predicted octanol–water partition coefficient (Wildman–Crippen LogP) is 0.478. The summed E-state index contributed by atoms with van der Waals surface area (Å²) < 4.78 is 5.13. The van der Waals surface area contributed by atoms with Crippen molar-refractivity contribution in [2.75, 3.05) is 26.7 Å². The van der Waals surface area contributed by atoms with Gasteiger partial charge >= 0.3 is 0 Å². The summed E-state index contributed by atoms with van der Waals surface area (Å²) in [5.74, 6) is 1.32. The lowest BCUT2D eigenvalue weighted by molar-refractivity contribution is -0.145. The number of hydrogen-bond acceptors (Lipinski definition) is 3. The van der Waals surface area contributed by atoms with Crippen molar-refractivity contribution in [3.05, 3.63) is 0 Å². The Hall–Kier alpha value is -0.610. The van der Waals surface area contributed by atoms with E-state index < -0.39 is 0 Å². The van der Waals surface area contributed by atoms with Crippen molar-refractivity contribution in [1.82, 2.24) is 10.2 Å². The highest BCUT2D eigenvalue weighted by Gasteiger charge is 2.51. The van der Waals surface area contributed by atoms with Crippen LogP contribution in [0.4, 0.5) is 0 Å². The number of ether oxygens (including phenoxy) is 1. The van der Waals surface area contributed by atoms with Crippen LogP contribution in [0.25, 0.3) is 0 Å². The monoisotopic (exact) mass is 226 g/mol. The van der Waals surface area contributed by atoms with Crippen molar-refractivity contribution in [3.8, 4) is 0 Å². The second kappa shape index (κ2) is 4.00. The number of carbonyl (C=O) groups is 1. The van der Waals surface area contributed by atoms with Crippen LogP contribution in [-0.2, 0) is 9.53 Å². The van der Waals surface area contributed by atoms with E-state index in [4.69, 9.17) is 4.74 Å². The Morgan fingerprint density at radius 3 is 2.75 bits per heavy atom. The first kappa shape index (κ1) is 11.9. The molecular formula is C12H22N2O2. The number of rotatable bonds is 2. The molecular weight excluding hydrogens is 204 g/mol. The number of methoxy groups -OCH3 is 1. The minimum Gasteiger partial charge on any atom is -0.372 e. The van der Waals surface area contributed by atoms with Gasteiger partial charge in [0.05, 0.1) is 0 Å². The molecule has 92 valence electrons. The Morgan fingerprint density at radius 1 is 1.50 bits per heavy atom. The SMILES string of the molecule is COC(C)C(=O)N1CC2CNCC2C1(C)C. The van der Waals surface area contributed by atoms with Crippen molar-refractivity contribution in [3.63, 3.8) is 0 Å². The first-order valence-corrected chi connectivity index (χ1v) is 6.03. The number of nitrogens with zero attached hydrogens (tertiary/aromatic N) is 1. The van der Waals surface area contributed by atoms with Crippen LogP contribution in [0.1, 0.15) is 20.8 Å². The minimum atomic E-state index is -0.328. The van der Waals surface area contributed by atoms with Gasteiger partial charge in [-0.15, -0.1) is 0 Å². The molecule has 0 bridgehead atoms. The summed E-state index contributed by atoms with van der Waals surface area (Å²) in [4.78, 5) is 14.2. The maximum absolute atomic E-state index is 12.2. The molecule has 3 atom stereocenters. The van der Waals surface area contributed by atoms with Crippen molar-refractivity contribution in [2.24, 2.45) is 11.8 Å². The van der Waals surface area contributed by atoms with Crippen LogP contribution < -0.4 is 5.32 Å². The topological polar surface area (TPSA) is 41.6 Å². The maximum Gasteiger partial charge on any atom is 0.251 e. The normalized spacial score (nSPS) is 33.9. The van der Waals surface area contributed by atoms with Gasteiger partial charge in [0.15, 0.2) is 0 Å². The van der Waals surface area contributed by atoms with E-state index in [9.17, 15) is 4.79 Å². The summed E-state index contributed by atoms with van der Waals surface area (Å²) in [6.45, 7) is 9.11. The van der Waals surface area contributed by atoms with E-state index in [0.29, 0.717) is 11.8 Å². The Morgan fingerprint density at radius 2 is 2.19 bits per heavy atom. The van der Waals surface area contributed by atoms with Gasteiger partial charge < -0.3 is 15.0 Å². The van der Waals surface area contributed by atoms with Gasteiger partial charge in [-0.05, 0) is 32.6 Å². The Balaban J connectivity index is 2.15. The molecule has 2 fully saturated rings. The molecule has 1 N–H and O–H groups in total. The number of nitrogens with one attached hydrogen (secondary N) is 1. The maximum atomic E-state index is 12.2. The van der Waals surface area contributed by atoms with E-state index in [1.807, 2.05) is 11.8 Å². The lowest BCUT2D eigenvalue weighted by Crippen LogP contribution is -2.50. The highest BCUT2D eigenvalue weighted by atomic mass is 16.5. The summed E-state index contributed by atoms with van der Waals surface area (Å²) in [6.07, 6.45) is -0.328. The standard InChI is InChI=1S/C12H22N2O2/c1-8(16-4)11(15)14-7-9-5-13-6-10(9)12(14,2)3/h8-10,13H,5-7H2,1-4H3. The number of likely N-dealkylation sites (tertiary alicyclic amines) is 1. The molecule has 0 radical (unpaired) electrons. The zero-order chi connectivity index (χ0) is 11.9. The minimum absolute atomic E-state index is 0.0436. The van der Waals surface area contributed by atoms with Crippen LogP contribution in [0, 0.1) is 11.8 Å². The molecule has 1 amide bonds. The van der Waals surface area contributed by atoms with E-state index in [2.05, 4.69) is 19.2 Å². The van der Waals surface area contributed by atoms with E-state index in [1.165, 1.54) is 0 Å². The van der Waals surface area contributed by atoms with Crippen molar-refractivity contribution < 1.29 is 9.53 Å². The summed E-state index contributed by atoms with van der Waals surface area (Å²) in [5, 5.41) is 3.41. The molecule has 0 saturated carbocycles. The average Bonchev–Trinajstić information content (AvgIpc) is 2.79. The fourth-order valence-electron chi connectivity index (χ4n) is 3.12. The molecule has 2 rings (SSSR count). The fraction of sp³-hybridized carbons (Fsp3) is 0.917. The smallest absolute Gasteiger partial charge is 0.251 e. The van der Waals surface area contributed by atoms with Gasteiger partial charge in [-0.1, -0.05) is 0 Å². The van der Waals surface area contributed by atoms with E-state index in [0.717, 1.165) is 19.6 Å². The van der Waals surface area contributed by atoms with Crippen LogP contribution in [-0.4, -0.2) is 49.2 Å². The number of fused-ring (bicyclic) bond motifs is 1. The highest BCUT2D eigenvalue weighted by Crippen LogP contribution is 2.40. The first-order valence-electron chi connectivity index (χ1n) is 6.03. The Labute approximate surface area is 97.3 Å². The molecule has 2 aliphatic rings. The second-order valence-corrected chi connectivity index (χ2v) is 5.51. The van der Waals surface area contributed by atoms with Crippen LogP contribution in [0.3, 0.4) is 0 Å². The van der Waals surface area contributed by atoms with E-state index in [-0.39, 0.29) is 17.6 Å². The third-order valence-corrected chi connectivity index (χ3v) is 4.33. The lowest BCUT2D eigenvalue weighted by Gasteiger charge is -2.36. The molecule has 2 aliphatic heterocycles. The molecule has 0 aliphatic carbocycles. The first-order chi connectivity index (χ1) is 7.48. The molecule has 0 aromatic carbocycles. The summed E-state index contributed by atoms with van der Waals surface area (Å²) in [7, 11) is 1.59. The summed E-state index contributed by atoms with van der Waals surface area (Å²) >= 11 is 0. The van der Waals surface area contributed by atoms with Gasteiger partial charge in [-0.2, -0.15) is 0 Å². The molecule has 2 heterocycles. The van der Waals surface area contributed by atoms with E-state index >= 15 is 0 Å². The Bertz CT molecular complexity index is 291. The molecule has 3 unspecified atom stereocenters. The summed E-state index contributed by atoms with van der Waals surface area (Å²) in [5.41, 5.74) is -0.0436. The fourth-order valence-corrected chi connectivity index (χ4v) is 3.12. The third kappa shape index (κ3) is 1.64. The van der Waals surface area contributed by atoms with Gasteiger partial charge in [-0.25, -0.2) is 0 Å². The van der Waals surface area contributed by atoms with Crippen LogP contribution in [0.15, 0.2) is 0 Å². The van der Waals surface area contributed by atoms with Gasteiger partial charge in [0.25, 0.3) is 5.91 Å². The quantitative estimate of drug-likeness (QED) is 0.744. The molecule has 4 heteroatoms. The number of hydrogen-bond donors (Lipinski definition) is 1. The molecule has 0 aromatic rings. The molecule has 2 saturated heterocycles. The van der Waals surface area contributed by atoms with Gasteiger partial charge in [-0.3, -0.25) is 4.79 Å². The van der Waals surface area contributed by atoms with Crippen LogP contribution in [0.2, 0.25) is 0 Å². The molecule has 16 heavy (non-hydrogen) atoms. The second-order valence-electron chi connectivity index (χ2n) is 5.51. The molecule has 0 spiro atoms. The van der Waals surface area contributed by atoms with Gasteiger partial charge in [0.1, 0.15) is 6.10 Å². The van der Waals surface area contributed by atoms with Crippen LogP contribution in [0.5, 0.6) is 0 Å². The molecule has 0 aromatic heterocycles. The van der Waals surface area contributed by atoms with Crippen molar-refractivity contribution in [2.45, 2.75) is 32.4 Å². The van der Waals surface area contributed by atoms with Crippen molar-refractivity contribution >= 4 is 5.91 Å². The summed E-state index contributed by atoms with van der Waals surface area (Å²) in [6, 6.07) is 0. The van der Waals surface area contributed by atoms with Gasteiger partial charge in [0.2, 0.25) is 0 Å². The zero-order valence-electron chi connectivity index (χ0n) is 10.6. The average molecular weight is 226 g/mol. The van der Waals surface area contributed by atoms with Crippen LogP contribution >= 0.6 is 0 Å². The zero-order valence-corrected chi connectivity index (χ0v) is 10.6. The predicted molar refractivity (Wildman–Crippen MR) is 62.1 cm³/mol. The molecule has 4 nitrogen and oxygen atoms in total. The third-order valence-electron chi connectivity index (χ3n) is 4.33. The van der Waals surface area contributed by atoms with E-state index in [1.54, 1.807) is 7.11 Å². The van der Waals surface area contributed by atoms with Crippen molar-refractivity contribution in [1.29, 1.82) is 0 Å². The lowest BCUT2D eigenvalue weighted by atomic mass is 9.85. The Kier molecular flexibility index (Phi) is 2.97. The highest BCUT2D eigenvalue weighted by molar-refractivity contribution is 5.81. The van der Waals surface area contributed by atoms with Gasteiger partial charge in [0, 0.05) is 32.3 Å². The number of amides is 1. The number of carbonyl (C=O) groups excluding carboxylic acids is 1.